The summed E-state index contributed by atoms with van der Waals surface area (Å²) in [6.07, 6.45) is 1.67. The Balaban J connectivity index is 2.02. The van der Waals surface area contributed by atoms with Gasteiger partial charge in [-0.05, 0) is 86.5 Å². The molecule has 3 aromatic carbocycles. The Hall–Kier alpha value is -2.98. The third-order valence-corrected chi connectivity index (χ3v) is 9.23. The molecule has 0 radical (unpaired) electrons. The number of ether oxygens (including phenoxy) is 1. The Morgan fingerprint density at radius 1 is 0.929 bits per heavy atom. The second-order valence-corrected chi connectivity index (χ2v) is 12.6. The molecular formula is C30H34Cl3N3O5S. The molecule has 42 heavy (non-hydrogen) atoms. The van der Waals surface area contributed by atoms with Gasteiger partial charge in [0.05, 0.1) is 27.2 Å². The van der Waals surface area contributed by atoms with Crippen molar-refractivity contribution in [2.45, 2.75) is 51.1 Å². The number of benzene rings is 3. The monoisotopic (exact) mass is 653 g/mol. The molecule has 0 unspecified atom stereocenters. The van der Waals surface area contributed by atoms with Gasteiger partial charge in [-0.2, -0.15) is 0 Å². The summed E-state index contributed by atoms with van der Waals surface area (Å²) in [5, 5.41) is 3.86. The summed E-state index contributed by atoms with van der Waals surface area (Å²) in [5.41, 5.74) is 0.871. The molecule has 2 amide bonds. The molecule has 0 aromatic heterocycles. The van der Waals surface area contributed by atoms with E-state index in [-0.39, 0.29) is 23.0 Å². The van der Waals surface area contributed by atoms with Crippen molar-refractivity contribution < 1.29 is 22.7 Å². The van der Waals surface area contributed by atoms with Crippen molar-refractivity contribution in [1.82, 2.24) is 10.2 Å². The molecule has 3 aromatic rings. The van der Waals surface area contributed by atoms with Crippen LogP contribution in [0.1, 0.15) is 39.2 Å². The van der Waals surface area contributed by atoms with E-state index in [0.717, 1.165) is 17.1 Å². The largest absolute Gasteiger partial charge is 0.494 e. The molecule has 3 rings (SSSR count). The number of anilines is 1. The molecule has 8 nitrogen and oxygen atoms in total. The molecule has 12 heteroatoms. The minimum atomic E-state index is -4.23. The molecule has 0 aliphatic carbocycles. The Kier molecular flexibility index (Phi) is 12.4. The lowest BCUT2D eigenvalue weighted by molar-refractivity contribution is -0.139. The van der Waals surface area contributed by atoms with Crippen molar-refractivity contribution in [3.8, 4) is 5.75 Å². The number of unbranched alkanes of at least 4 members (excludes halogenated alkanes) is 1. The van der Waals surface area contributed by atoms with Crippen LogP contribution in [0.2, 0.25) is 15.1 Å². The molecule has 0 aliphatic heterocycles. The first-order valence-corrected chi connectivity index (χ1v) is 16.1. The Bertz CT molecular complexity index is 1470. The van der Waals surface area contributed by atoms with Crippen LogP contribution in [0.3, 0.4) is 0 Å². The van der Waals surface area contributed by atoms with Crippen molar-refractivity contribution >= 4 is 62.3 Å². The standard InChI is InChI=1S/C30H34Cl3N3O5S/c1-4-6-17-34-30(38)21(3)35(19-22-7-16-27(32)28(33)18-22)29(37)20-36(24-10-12-25(13-11-24)41-5-2)42(39,40)26-14-8-23(31)9-15-26/h7-16,18,21H,4-6,17,19-20H2,1-3H3,(H,34,38)/t21-/m0/s1. The first-order valence-electron chi connectivity index (χ1n) is 13.5. The van der Waals surface area contributed by atoms with Crippen LogP contribution in [0.25, 0.3) is 0 Å². The molecule has 0 aliphatic rings. The predicted octanol–water partition coefficient (Wildman–Crippen LogP) is 6.57. The molecule has 0 saturated heterocycles. The molecule has 0 bridgehead atoms. The zero-order valence-electron chi connectivity index (χ0n) is 23.6. The quantitative estimate of drug-likeness (QED) is 0.198. The highest BCUT2D eigenvalue weighted by atomic mass is 35.5. The number of halogens is 3. The van der Waals surface area contributed by atoms with Crippen molar-refractivity contribution in [3.63, 3.8) is 0 Å². The first kappa shape index (κ1) is 33.5. The Morgan fingerprint density at radius 2 is 1.60 bits per heavy atom. The fourth-order valence-corrected chi connectivity index (χ4v) is 5.95. The van der Waals surface area contributed by atoms with E-state index in [2.05, 4.69) is 5.32 Å². The smallest absolute Gasteiger partial charge is 0.264 e. The third kappa shape index (κ3) is 8.77. The van der Waals surface area contributed by atoms with Crippen LogP contribution >= 0.6 is 34.8 Å². The topological polar surface area (TPSA) is 96.0 Å². The van der Waals surface area contributed by atoms with Gasteiger partial charge in [-0.3, -0.25) is 13.9 Å². The highest BCUT2D eigenvalue weighted by Crippen LogP contribution is 2.28. The van der Waals surface area contributed by atoms with Crippen molar-refractivity contribution in [3.05, 3.63) is 87.4 Å². The Labute approximate surface area is 262 Å². The van der Waals surface area contributed by atoms with E-state index in [9.17, 15) is 18.0 Å². The van der Waals surface area contributed by atoms with Crippen LogP contribution in [0.5, 0.6) is 5.75 Å². The van der Waals surface area contributed by atoms with Crippen LogP contribution < -0.4 is 14.4 Å². The summed E-state index contributed by atoms with van der Waals surface area (Å²) in [6, 6.07) is 16.1. The fraction of sp³-hybridized carbons (Fsp3) is 0.333. The zero-order chi connectivity index (χ0) is 30.9. The summed E-state index contributed by atoms with van der Waals surface area (Å²) in [6.45, 7) is 5.76. The zero-order valence-corrected chi connectivity index (χ0v) is 26.7. The number of nitrogens with zero attached hydrogens (tertiary/aromatic N) is 2. The summed E-state index contributed by atoms with van der Waals surface area (Å²) in [7, 11) is -4.23. The molecular weight excluding hydrogens is 621 g/mol. The number of nitrogens with one attached hydrogen (secondary N) is 1. The third-order valence-electron chi connectivity index (χ3n) is 6.45. The maximum absolute atomic E-state index is 14.0. The lowest BCUT2D eigenvalue weighted by atomic mass is 10.1. The van der Waals surface area contributed by atoms with E-state index < -0.39 is 28.5 Å². The SMILES string of the molecule is CCCCNC(=O)[C@H](C)N(Cc1ccc(Cl)c(Cl)c1)C(=O)CN(c1ccc(OCC)cc1)S(=O)(=O)c1ccc(Cl)cc1. The number of amides is 2. The highest BCUT2D eigenvalue weighted by Gasteiger charge is 2.32. The van der Waals surface area contributed by atoms with E-state index >= 15 is 0 Å². The van der Waals surface area contributed by atoms with E-state index in [1.165, 1.54) is 29.2 Å². The van der Waals surface area contributed by atoms with Crippen LogP contribution in [0.15, 0.2) is 71.6 Å². The van der Waals surface area contributed by atoms with Gasteiger partial charge in [0.2, 0.25) is 11.8 Å². The van der Waals surface area contributed by atoms with Crippen LogP contribution in [0.4, 0.5) is 5.69 Å². The van der Waals surface area contributed by atoms with E-state index in [0.29, 0.717) is 39.5 Å². The summed E-state index contributed by atoms with van der Waals surface area (Å²) in [5.74, 6) is -0.397. The summed E-state index contributed by atoms with van der Waals surface area (Å²) >= 11 is 18.3. The lowest BCUT2D eigenvalue weighted by Gasteiger charge is -2.32. The maximum atomic E-state index is 14.0. The average Bonchev–Trinajstić information content (AvgIpc) is 2.97. The molecule has 1 N–H and O–H groups in total. The Morgan fingerprint density at radius 3 is 2.19 bits per heavy atom. The van der Waals surface area contributed by atoms with Crippen molar-refractivity contribution in [2.75, 3.05) is 24.0 Å². The minimum absolute atomic E-state index is 0.00377. The maximum Gasteiger partial charge on any atom is 0.264 e. The minimum Gasteiger partial charge on any atom is -0.494 e. The normalized spacial score (nSPS) is 12.0. The number of sulfonamides is 1. The molecule has 0 spiro atoms. The van der Waals surface area contributed by atoms with Gasteiger partial charge in [0.15, 0.2) is 0 Å². The molecule has 1 atom stereocenters. The van der Waals surface area contributed by atoms with Gasteiger partial charge < -0.3 is 15.0 Å². The van der Waals surface area contributed by atoms with Crippen LogP contribution in [0, 0.1) is 0 Å². The van der Waals surface area contributed by atoms with Crippen LogP contribution in [-0.4, -0.2) is 50.9 Å². The second kappa shape index (κ2) is 15.5. The van der Waals surface area contributed by atoms with Crippen molar-refractivity contribution in [2.24, 2.45) is 0 Å². The number of hydrogen-bond donors (Lipinski definition) is 1. The van der Waals surface area contributed by atoms with Crippen molar-refractivity contribution in [1.29, 1.82) is 0 Å². The number of rotatable bonds is 14. The molecule has 0 fully saturated rings. The highest BCUT2D eigenvalue weighted by molar-refractivity contribution is 7.92. The van der Waals surface area contributed by atoms with Gasteiger partial charge in [-0.25, -0.2) is 8.42 Å². The van der Waals surface area contributed by atoms with Gasteiger partial charge in [0.1, 0.15) is 18.3 Å². The summed E-state index contributed by atoms with van der Waals surface area (Å²) in [4.78, 5) is 28.4. The first-order chi connectivity index (χ1) is 20.0. The van der Waals surface area contributed by atoms with Gasteiger partial charge in [0, 0.05) is 18.1 Å². The van der Waals surface area contributed by atoms with Gasteiger partial charge in [0.25, 0.3) is 10.0 Å². The van der Waals surface area contributed by atoms with Crippen LogP contribution in [-0.2, 0) is 26.2 Å². The molecule has 0 saturated carbocycles. The number of carbonyl (C=O) groups excluding carboxylic acids is 2. The predicted molar refractivity (Wildman–Crippen MR) is 168 cm³/mol. The van der Waals surface area contributed by atoms with Gasteiger partial charge in [-0.1, -0.05) is 54.2 Å². The number of hydrogen-bond acceptors (Lipinski definition) is 5. The van der Waals surface area contributed by atoms with E-state index in [1.54, 1.807) is 49.4 Å². The molecule has 0 heterocycles. The van der Waals surface area contributed by atoms with Gasteiger partial charge >= 0.3 is 0 Å². The lowest BCUT2D eigenvalue weighted by Crippen LogP contribution is -2.51. The van der Waals surface area contributed by atoms with E-state index in [4.69, 9.17) is 39.5 Å². The fourth-order valence-electron chi connectivity index (χ4n) is 4.09. The molecule has 226 valence electrons. The number of carbonyl (C=O) groups is 2. The average molecular weight is 655 g/mol. The summed E-state index contributed by atoms with van der Waals surface area (Å²) < 4.78 is 34.3. The van der Waals surface area contributed by atoms with E-state index in [1.807, 2.05) is 13.8 Å². The second-order valence-electron chi connectivity index (χ2n) is 9.48. The van der Waals surface area contributed by atoms with Gasteiger partial charge in [-0.15, -0.1) is 0 Å².